The zero-order valence-corrected chi connectivity index (χ0v) is 17.4. The first-order valence-corrected chi connectivity index (χ1v) is 10.2. The van der Waals surface area contributed by atoms with E-state index in [9.17, 15) is 4.79 Å². The molecule has 2 aromatic heterocycles. The van der Waals surface area contributed by atoms with Gasteiger partial charge in [0.1, 0.15) is 0 Å². The minimum atomic E-state index is -0.206. The number of H-pyrrole nitrogens is 1. The van der Waals surface area contributed by atoms with Crippen LogP contribution in [0.5, 0.6) is 0 Å². The summed E-state index contributed by atoms with van der Waals surface area (Å²) in [5.41, 5.74) is 1.97. The van der Waals surface area contributed by atoms with E-state index in [0.717, 1.165) is 44.7 Å². The maximum Gasteiger partial charge on any atom is 0.277 e. The van der Waals surface area contributed by atoms with E-state index in [2.05, 4.69) is 37.4 Å². The van der Waals surface area contributed by atoms with Gasteiger partial charge in [-0.3, -0.25) is 14.4 Å². The van der Waals surface area contributed by atoms with Gasteiger partial charge < -0.3 is 14.5 Å². The van der Waals surface area contributed by atoms with Crippen molar-refractivity contribution in [1.82, 2.24) is 39.9 Å². The van der Waals surface area contributed by atoms with Crippen LogP contribution in [0.3, 0.4) is 0 Å². The fraction of sp³-hybridized carbons (Fsp3) is 0.684. The number of likely N-dealkylation sites (N-methyl/N-ethyl adjacent to an activating group) is 1. The van der Waals surface area contributed by atoms with Crippen molar-refractivity contribution in [2.24, 2.45) is 7.05 Å². The van der Waals surface area contributed by atoms with Crippen molar-refractivity contribution in [2.45, 2.75) is 25.5 Å². The number of carbonyl (C=O) groups is 1. The standard InChI is InChI=1S/C19H30N8O2/c1-14-17(22-23-21-14)19(28)27-9-10-29-16(18(27)15-11-20-25(3)12-15)13-26-6-4-5-24(2)7-8-26/h11-12,16,18H,4-10,13H2,1-3H3,(H,21,22,23)/t16-,18-/m0/s1. The number of amides is 1. The van der Waals surface area contributed by atoms with E-state index in [4.69, 9.17) is 4.74 Å². The van der Waals surface area contributed by atoms with Gasteiger partial charge in [0, 0.05) is 45.0 Å². The van der Waals surface area contributed by atoms with Crippen molar-refractivity contribution in [2.75, 3.05) is 52.9 Å². The Morgan fingerprint density at radius 2 is 2.07 bits per heavy atom. The lowest BCUT2D eigenvalue weighted by Crippen LogP contribution is -2.52. The molecule has 0 bridgehead atoms. The predicted octanol–water partition coefficient (Wildman–Crippen LogP) is 0.0664. The van der Waals surface area contributed by atoms with Crippen molar-refractivity contribution in [3.63, 3.8) is 0 Å². The molecular formula is C19H30N8O2. The molecule has 0 aliphatic carbocycles. The number of carbonyl (C=O) groups excluding carboxylic acids is 1. The van der Waals surface area contributed by atoms with Crippen LogP contribution in [-0.4, -0.2) is 105 Å². The first-order chi connectivity index (χ1) is 14.0. The summed E-state index contributed by atoms with van der Waals surface area (Å²) in [6, 6.07) is -0.206. The molecule has 10 nitrogen and oxygen atoms in total. The second kappa shape index (κ2) is 8.60. The Labute approximate surface area is 170 Å². The molecule has 4 heterocycles. The first kappa shape index (κ1) is 20.0. The summed E-state index contributed by atoms with van der Waals surface area (Å²) >= 11 is 0. The highest BCUT2D eigenvalue weighted by Gasteiger charge is 2.39. The van der Waals surface area contributed by atoms with Gasteiger partial charge in [-0.1, -0.05) is 0 Å². The second-order valence-electron chi connectivity index (χ2n) is 8.02. The molecule has 2 saturated heterocycles. The number of aryl methyl sites for hydroxylation is 2. The first-order valence-electron chi connectivity index (χ1n) is 10.2. The molecule has 2 aliphatic heterocycles. The van der Waals surface area contributed by atoms with E-state index < -0.39 is 0 Å². The van der Waals surface area contributed by atoms with Gasteiger partial charge >= 0.3 is 0 Å². The van der Waals surface area contributed by atoms with E-state index in [1.54, 1.807) is 11.6 Å². The third kappa shape index (κ3) is 4.34. The fourth-order valence-electron chi connectivity index (χ4n) is 4.26. The van der Waals surface area contributed by atoms with Crippen LogP contribution in [-0.2, 0) is 11.8 Å². The molecule has 0 aromatic carbocycles. The third-order valence-electron chi connectivity index (χ3n) is 5.85. The zero-order valence-electron chi connectivity index (χ0n) is 17.4. The third-order valence-corrected chi connectivity index (χ3v) is 5.85. The molecular weight excluding hydrogens is 372 g/mol. The molecule has 0 saturated carbocycles. The van der Waals surface area contributed by atoms with E-state index in [1.807, 2.05) is 24.3 Å². The number of aromatic nitrogens is 5. The highest BCUT2D eigenvalue weighted by Crippen LogP contribution is 2.31. The van der Waals surface area contributed by atoms with Crippen molar-refractivity contribution >= 4 is 5.91 Å². The smallest absolute Gasteiger partial charge is 0.277 e. The number of nitrogens with one attached hydrogen (secondary N) is 1. The summed E-state index contributed by atoms with van der Waals surface area (Å²) in [6.45, 7) is 7.82. The lowest BCUT2D eigenvalue weighted by atomic mass is 9.99. The quantitative estimate of drug-likeness (QED) is 0.773. The minimum Gasteiger partial charge on any atom is -0.373 e. The van der Waals surface area contributed by atoms with Crippen LogP contribution in [0.25, 0.3) is 0 Å². The second-order valence-corrected chi connectivity index (χ2v) is 8.02. The molecule has 1 N–H and O–H groups in total. The Morgan fingerprint density at radius 3 is 2.79 bits per heavy atom. The summed E-state index contributed by atoms with van der Waals surface area (Å²) in [7, 11) is 4.06. The zero-order chi connectivity index (χ0) is 20.4. The minimum absolute atomic E-state index is 0.117. The van der Waals surface area contributed by atoms with Gasteiger partial charge in [-0.2, -0.15) is 20.5 Å². The van der Waals surface area contributed by atoms with Gasteiger partial charge in [0.25, 0.3) is 5.91 Å². The molecule has 2 fully saturated rings. The molecule has 4 rings (SSSR count). The average molecular weight is 403 g/mol. The van der Waals surface area contributed by atoms with E-state index in [0.29, 0.717) is 24.5 Å². The maximum atomic E-state index is 13.3. The fourth-order valence-corrected chi connectivity index (χ4v) is 4.26. The molecule has 10 heteroatoms. The van der Waals surface area contributed by atoms with Crippen LogP contribution in [0.15, 0.2) is 12.4 Å². The van der Waals surface area contributed by atoms with Crippen molar-refractivity contribution in [3.8, 4) is 0 Å². The van der Waals surface area contributed by atoms with Gasteiger partial charge in [-0.05, 0) is 33.5 Å². The monoisotopic (exact) mass is 402 g/mol. The van der Waals surface area contributed by atoms with Crippen LogP contribution in [0.2, 0.25) is 0 Å². The van der Waals surface area contributed by atoms with Crippen LogP contribution < -0.4 is 0 Å². The maximum absolute atomic E-state index is 13.3. The summed E-state index contributed by atoms with van der Waals surface area (Å²) < 4.78 is 7.99. The Hall–Kier alpha value is -2.30. The van der Waals surface area contributed by atoms with Gasteiger partial charge in [-0.15, -0.1) is 0 Å². The summed E-state index contributed by atoms with van der Waals surface area (Å²) in [5.74, 6) is -0.117. The number of rotatable bonds is 4. The number of morpholine rings is 1. The van der Waals surface area contributed by atoms with Crippen LogP contribution in [0.1, 0.15) is 34.2 Å². The Kier molecular flexibility index (Phi) is 5.93. The van der Waals surface area contributed by atoms with Gasteiger partial charge in [0.15, 0.2) is 5.69 Å². The van der Waals surface area contributed by atoms with E-state index in [1.165, 1.54) is 0 Å². The van der Waals surface area contributed by atoms with Crippen LogP contribution in [0.4, 0.5) is 0 Å². The number of nitrogens with zero attached hydrogens (tertiary/aromatic N) is 7. The highest BCUT2D eigenvalue weighted by molar-refractivity contribution is 5.93. The Morgan fingerprint density at radius 1 is 1.21 bits per heavy atom. The number of aromatic amines is 1. The average Bonchev–Trinajstić information content (AvgIpc) is 3.27. The van der Waals surface area contributed by atoms with Crippen LogP contribution >= 0.6 is 0 Å². The van der Waals surface area contributed by atoms with Gasteiger partial charge in [0.05, 0.1) is 30.6 Å². The molecule has 158 valence electrons. The van der Waals surface area contributed by atoms with Gasteiger partial charge in [-0.25, -0.2) is 0 Å². The van der Waals surface area contributed by atoms with Gasteiger partial charge in [0.2, 0.25) is 0 Å². The SMILES string of the molecule is Cc1n[nH]nc1C(=O)N1CCO[C@@H](CN2CCCN(C)CC2)[C@@H]1c1cnn(C)c1. The molecule has 2 atom stereocenters. The number of ether oxygens (including phenoxy) is 1. The highest BCUT2D eigenvalue weighted by atomic mass is 16.5. The number of hydrogen-bond donors (Lipinski definition) is 1. The lowest BCUT2D eigenvalue weighted by Gasteiger charge is -2.42. The molecule has 0 spiro atoms. The molecule has 29 heavy (non-hydrogen) atoms. The summed E-state index contributed by atoms with van der Waals surface area (Å²) in [6.07, 6.45) is 4.82. The van der Waals surface area contributed by atoms with E-state index in [-0.39, 0.29) is 18.1 Å². The van der Waals surface area contributed by atoms with E-state index >= 15 is 0 Å². The Bertz CT molecular complexity index is 834. The van der Waals surface area contributed by atoms with Crippen LogP contribution in [0, 0.1) is 6.92 Å². The largest absolute Gasteiger partial charge is 0.373 e. The number of hydrogen-bond acceptors (Lipinski definition) is 7. The summed E-state index contributed by atoms with van der Waals surface area (Å²) in [5, 5.41) is 15.0. The Balaban J connectivity index is 1.59. The normalized spacial score (nSPS) is 24.6. The van der Waals surface area contributed by atoms with Crippen molar-refractivity contribution in [1.29, 1.82) is 0 Å². The van der Waals surface area contributed by atoms with Crippen molar-refractivity contribution < 1.29 is 9.53 Å². The molecule has 2 aliphatic rings. The topological polar surface area (TPSA) is 95.4 Å². The lowest BCUT2D eigenvalue weighted by molar-refractivity contribution is -0.0725. The molecule has 1 amide bonds. The molecule has 0 radical (unpaired) electrons. The molecule has 2 aromatic rings. The summed E-state index contributed by atoms with van der Waals surface area (Å²) in [4.78, 5) is 20.0. The molecule has 0 unspecified atom stereocenters. The van der Waals surface area contributed by atoms with Crippen molar-refractivity contribution in [3.05, 3.63) is 29.3 Å². The predicted molar refractivity (Wildman–Crippen MR) is 106 cm³/mol.